The van der Waals surface area contributed by atoms with Gasteiger partial charge < -0.3 is 10.0 Å². The predicted octanol–water partition coefficient (Wildman–Crippen LogP) is 4.57. The summed E-state index contributed by atoms with van der Waals surface area (Å²) >= 11 is 6.17. The van der Waals surface area contributed by atoms with Gasteiger partial charge in [0.25, 0.3) is 11.8 Å². The lowest BCUT2D eigenvalue weighted by Crippen LogP contribution is -2.55. The van der Waals surface area contributed by atoms with Crippen LogP contribution in [0.25, 0.3) is 0 Å². The Morgan fingerprint density at radius 2 is 1.81 bits per heavy atom. The summed E-state index contributed by atoms with van der Waals surface area (Å²) in [5.41, 5.74) is 5.14. The third kappa shape index (κ3) is 4.87. The van der Waals surface area contributed by atoms with Gasteiger partial charge in [-0.1, -0.05) is 60.8 Å². The van der Waals surface area contributed by atoms with Crippen molar-refractivity contribution in [3.63, 3.8) is 0 Å². The van der Waals surface area contributed by atoms with Crippen molar-refractivity contribution in [1.82, 2.24) is 15.4 Å². The molecular weight excluding hydrogens is 478 g/mol. The minimum atomic E-state index is -0.752. The van der Waals surface area contributed by atoms with E-state index >= 15 is 0 Å². The molecule has 2 amide bonds. The normalized spacial score (nSPS) is 23.7. The maximum atomic E-state index is 13.9. The maximum absolute atomic E-state index is 13.9. The zero-order chi connectivity index (χ0) is 25.1. The number of halogens is 1. The molecule has 4 atom stereocenters. The molecule has 2 N–H and O–H groups in total. The van der Waals surface area contributed by atoms with Crippen molar-refractivity contribution in [3.8, 4) is 0 Å². The quantitative estimate of drug-likeness (QED) is 0.479. The van der Waals surface area contributed by atoms with Crippen LogP contribution < -0.4 is 5.48 Å². The summed E-state index contributed by atoms with van der Waals surface area (Å²) in [5.74, 6) is -1.31. The summed E-state index contributed by atoms with van der Waals surface area (Å²) in [6.07, 6.45) is 4.11. The van der Waals surface area contributed by atoms with E-state index in [0.717, 1.165) is 18.4 Å². The number of benzene rings is 2. The molecule has 7 nitrogen and oxygen atoms in total. The number of rotatable bonds is 6. The zero-order valence-corrected chi connectivity index (χ0v) is 20.5. The van der Waals surface area contributed by atoms with E-state index in [2.05, 4.69) is 10.5 Å². The average molecular weight is 506 g/mol. The molecule has 1 aliphatic carbocycles. The number of fused-ring (bicyclic) bond motifs is 1. The summed E-state index contributed by atoms with van der Waals surface area (Å²) in [6, 6.07) is 18.8. The highest BCUT2D eigenvalue weighted by atomic mass is 35.5. The molecule has 2 aromatic carbocycles. The van der Waals surface area contributed by atoms with Crippen LogP contribution in [0.4, 0.5) is 0 Å². The topological polar surface area (TPSA) is 91.8 Å². The Labute approximate surface area is 215 Å². The Hall–Kier alpha value is -3.26. The number of aliphatic hydroxyl groups excluding tert-OH is 1. The molecule has 1 aliphatic heterocycles. The van der Waals surface area contributed by atoms with Crippen LogP contribution in [-0.4, -0.2) is 39.0 Å². The number of pyridine rings is 1. The van der Waals surface area contributed by atoms with E-state index in [1.54, 1.807) is 35.4 Å². The first-order valence-corrected chi connectivity index (χ1v) is 12.6. The van der Waals surface area contributed by atoms with E-state index in [9.17, 15) is 14.7 Å². The molecule has 186 valence electrons. The van der Waals surface area contributed by atoms with Crippen molar-refractivity contribution in [2.24, 2.45) is 0 Å². The summed E-state index contributed by atoms with van der Waals surface area (Å²) in [6.45, 7) is 0.108. The Bertz CT molecular complexity index is 1220. The second-order valence-electron chi connectivity index (χ2n) is 9.27. The Morgan fingerprint density at radius 3 is 2.56 bits per heavy atom. The molecule has 0 unspecified atom stereocenters. The molecule has 2 heterocycles. The number of carbonyl (C=O) groups excluding carboxylic acids is 2. The van der Waals surface area contributed by atoms with E-state index in [-0.39, 0.29) is 18.4 Å². The summed E-state index contributed by atoms with van der Waals surface area (Å²) in [4.78, 5) is 39.1. The van der Waals surface area contributed by atoms with Gasteiger partial charge in [0.2, 0.25) is 0 Å². The van der Waals surface area contributed by atoms with Crippen LogP contribution in [0, 0.1) is 0 Å². The molecule has 1 aromatic heterocycles. The minimum absolute atomic E-state index is 0.108. The van der Waals surface area contributed by atoms with E-state index in [1.165, 1.54) is 0 Å². The monoisotopic (exact) mass is 505 g/mol. The van der Waals surface area contributed by atoms with Gasteiger partial charge in [0, 0.05) is 16.8 Å². The number of nitrogens with zero attached hydrogens (tertiary/aromatic N) is 2. The molecule has 5 rings (SSSR count). The Morgan fingerprint density at radius 1 is 1.06 bits per heavy atom. The number of hydrogen-bond donors (Lipinski definition) is 2. The highest BCUT2D eigenvalue weighted by Gasteiger charge is 2.48. The summed E-state index contributed by atoms with van der Waals surface area (Å²) in [7, 11) is 0. The van der Waals surface area contributed by atoms with E-state index in [0.29, 0.717) is 34.7 Å². The number of aromatic nitrogens is 1. The van der Waals surface area contributed by atoms with E-state index < -0.39 is 24.1 Å². The molecule has 1 fully saturated rings. The number of nitrogens with one attached hydrogen (secondary N) is 1. The molecule has 0 radical (unpaired) electrons. The fourth-order valence-electron chi connectivity index (χ4n) is 5.36. The van der Waals surface area contributed by atoms with Gasteiger partial charge in [0.1, 0.15) is 6.61 Å². The van der Waals surface area contributed by atoms with Crippen LogP contribution in [0.15, 0.2) is 72.9 Å². The summed E-state index contributed by atoms with van der Waals surface area (Å²) < 4.78 is 0. The second-order valence-corrected chi connectivity index (χ2v) is 9.71. The first kappa shape index (κ1) is 24.4. The highest BCUT2D eigenvalue weighted by molar-refractivity contribution is 6.30. The van der Waals surface area contributed by atoms with Gasteiger partial charge in [0.05, 0.1) is 29.8 Å². The van der Waals surface area contributed by atoms with Crippen LogP contribution in [0.3, 0.4) is 0 Å². The first-order valence-electron chi connectivity index (χ1n) is 12.2. The van der Waals surface area contributed by atoms with Gasteiger partial charge in [-0.15, -0.1) is 0 Å². The van der Waals surface area contributed by atoms with Crippen LogP contribution >= 0.6 is 11.6 Å². The predicted molar refractivity (Wildman–Crippen MR) is 135 cm³/mol. The number of hydrogen-bond acceptors (Lipinski definition) is 5. The van der Waals surface area contributed by atoms with Crippen molar-refractivity contribution in [3.05, 3.63) is 100 Å². The third-order valence-corrected chi connectivity index (χ3v) is 7.29. The van der Waals surface area contributed by atoms with Crippen molar-refractivity contribution in [1.29, 1.82) is 0 Å². The van der Waals surface area contributed by atoms with Crippen LogP contribution in [-0.2, 0) is 16.2 Å². The lowest BCUT2D eigenvalue weighted by molar-refractivity contribution is -0.138. The van der Waals surface area contributed by atoms with Gasteiger partial charge in [-0.05, 0) is 54.3 Å². The van der Waals surface area contributed by atoms with Crippen molar-refractivity contribution >= 4 is 23.4 Å². The molecule has 0 bridgehead atoms. The van der Waals surface area contributed by atoms with Crippen LogP contribution in [0.2, 0.25) is 5.02 Å². The molecule has 0 saturated heterocycles. The van der Waals surface area contributed by atoms with Gasteiger partial charge >= 0.3 is 0 Å². The second kappa shape index (κ2) is 10.8. The molecular formula is C28H28ClN3O4. The van der Waals surface area contributed by atoms with Crippen molar-refractivity contribution in [2.45, 2.75) is 56.4 Å². The van der Waals surface area contributed by atoms with Gasteiger partial charge in [-0.2, -0.15) is 0 Å². The number of hydroxylamine groups is 1. The number of aliphatic hydroxyl groups is 1. The highest BCUT2D eigenvalue weighted by Crippen LogP contribution is 2.46. The summed E-state index contributed by atoms with van der Waals surface area (Å²) in [5, 5.41) is 11.5. The third-order valence-electron chi connectivity index (χ3n) is 7.04. The lowest BCUT2D eigenvalue weighted by Gasteiger charge is -2.48. The standard InChI is InChI=1S/C28H28ClN3O4/c29-19-14-12-18(13-15-19)26-25(27(34)31-36-17-20-7-5-6-16-30-20)21-8-1-2-9-22(21)28(35)32(26)23-10-3-4-11-24(23)33/h1-2,5-9,12-16,23-26,33H,3-4,10-11,17H2,(H,31,34)/t23-,24-,25+,26-/m1/s1. The Kier molecular flexibility index (Phi) is 7.32. The van der Waals surface area contributed by atoms with Crippen LogP contribution in [0.5, 0.6) is 0 Å². The van der Waals surface area contributed by atoms with E-state index in [1.807, 2.05) is 42.5 Å². The van der Waals surface area contributed by atoms with Crippen LogP contribution in [0.1, 0.15) is 64.8 Å². The van der Waals surface area contributed by atoms with Crippen molar-refractivity contribution < 1.29 is 19.5 Å². The molecule has 0 spiro atoms. The fourth-order valence-corrected chi connectivity index (χ4v) is 5.48. The van der Waals surface area contributed by atoms with Crippen molar-refractivity contribution in [2.75, 3.05) is 0 Å². The van der Waals surface area contributed by atoms with E-state index in [4.69, 9.17) is 16.4 Å². The minimum Gasteiger partial charge on any atom is -0.391 e. The lowest BCUT2D eigenvalue weighted by atomic mass is 9.77. The molecule has 2 aliphatic rings. The maximum Gasteiger partial charge on any atom is 0.255 e. The van der Waals surface area contributed by atoms with Gasteiger partial charge in [0.15, 0.2) is 0 Å². The zero-order valence-electron chi connectivity index (χ0n) is 19.7. The molecule has 8 heteroatoms. The SMILES string of the molecule is O=C(NOCc1ccccn1)[C@H]1c2ccccc2C(=O)N([C@@H]2CCCC[C@H]2O)[C@@H]1c1ccc(Cl)cc1. The van der Waals surface area contributed by atoms with Gasteiger partial charge in [-0.25, -0.2) is 5.48 Å². The first-order chi connectivity index (χ1) is 17.5. The average Bonchev–Trinajstić information content (AvgIpc) is 2.90. The number of carbonyl (C=O) groups is 2. The molecule has 3 aromatic rings. The largest absolute Gasteiger partial charge is 0.391 e. The Balaban J connectivity index is 1.54. The number of amides is 2. The molecule has 1 saturated carbocycles. The molecule has 36 heavy (non-hydrogen) atoms. The fraction of sp³-hybridized carbons (Fsp3) is 0.321. The van der Waals surface area contributed by atoms with Gasteiger partial charge in [-0.3, -0.25) is 19.4 Å². The smallest absolute Gasteiger partial charge is 0.255 e.